The van der Waals surface area contributed by atoms with Crippen LogP contribution in [0.5, 0.6) is 0 Å². The summed E-state index contributed by atoms with van der Waals surface area (Å²) in [6.07, 6.45) is 5.05. The highest BCUT2D eigenvalue weighted by atomic mass is 14.9. The summed E-state index contributed by atoms with van der Waals surface area (Å²) < 4.78 is 0. The van der Waals surface area contributed by atoms with Crippen LogP contribution in [0.4, 0.5) is 0 Å². The lowest BCUT2D eigenvalue weighted by Gasteiger charge is -2.45. The van der Waals surface area contributed by atoms with E-state index in [2.05, 4.69) is 33.0 Å². The molecule has 0 heterocycles. The molecule has 1 rings (SSSR count). The van der Waals surface area contributed by atoms with Crippen molar-refractivity contribution in [2.75, 3.05) is 13.1 Å². The van der Waals surface area contributed by atoms with Gasteiger partial charge in [0.1, 0.15) is 0 Å². The Labute approximate surface area is 95.0 Å². The number of hydrogen-bond acceptors (Lipinski definition) is 2. The standard InChI is InChI=1S/C13H28N2/c1-12(2)8-11(15-7-5-6-14)9-13(3,4)10-12/h11,15H,5-10,14H2,1-4H3. The molecule has 1 saturated carbocycles. The van der Waals surface area contributed by atoms with Crippen molar-refractivity contribution in [3.8, 4) is 0 Å². The van der Waals surface area contributed by atoms with Crippen LogP contribution in [-0.4, -0.2) is 19.1 Å². The molecule has 2 nitrogen and oxygen atoms in total. The molecule has 1 fully saturated rings. The molecule has 15 heavy (non-hydrogen) atoms. The Morgan fingerprint density at radius 2 is 1.67 bits per heavy atom. The molecule has 1 aliphatic carbocycles. The largest absolute Gasteiger partial charge is 0.330 e. The van der Waals surface area contributed by atoms with Crippen molar-refractivity contribution in [3.63, 3.8) is 0 Å². The van der Waals surface area contributed by atoms with Gasteiger partial charge in [-0.1, -0.05) is 27.7 Å². The van der Waals surface area contributed by atoms with Crippen LogP contribution in [0.25, 0.3) is 0 Å². The third kappa shape index (κ3) is 4.52. The lowest BCUT2D eigenvalue weighted by atomic mass is 9.63. The van der Waals surface area contributed by atoms with Crippen molar-refractivity contribution >= 4 is 0 Å². The van der Waals surface area contributed by atoms with Crippen molar-refractivity contribution in [1.82, 2.24) is 5.32 Å². The van der Waals surface area contributed by atoms with Crippen LogP contribution in [0.15, 0.2) is 0 Å². The molecular weight excluding hydrogens is 184 g/mol. The normalized spacial score (nSPS) is 25.4. The molecule has 1 aliphatic rings. The van der Waals surface area contributed by atoms with E-state index in [-0.39, 0.29) is 0 Å². The monoisotopic (exact) mass is 212 g/mol. The summed E-state index contributed by atoms with van der Waals surface area (Å²) >= 11 is 0. The van der Waals surface area contributed by atoms with Gasteiger partial charge in [-0.05, 0) is 49.6 Å². The van der Waals surface area contributed by atoms with Crippen molar-refractivity contribution in [2.45, 2.75) is 59.4 Å². The summed E-state index contributed by atoms with van der Waals surface area (Å²) in [7, 11) is 0. The zero-order valence-electron chi connectivity index (χ0n) is 10.9. The van der Waals surface area contributed by atoms with Crippen LogP contribution in [0.3, 0.4) is 0 Å². The van der Waals surface area contributed by atoms with E-state index in [9.17, 15) is 0 Å². The van der Waals surface area contributed by atoms with Crippen LogP contribution < -0.4 is 11.1 Å². The molecule has 0 bridgehead atoms. The fourth-order valence-electron chi connectivity index (χ4n) is 3.40. The molecule has 0 aliphatic heterocycles. The molecule has 0 unspecified atom stereocenters. The van der Waals surface area contributed by atoms with E-state index in [4.69, 9.17) is 5.73 Å². The zero-order valence-corrected chi connectivity index (χ0v) is 10.9. The van der Waals surface area contributed by atoms with Gasteiger partial charge in [-0.15, -0.1) is 0 Å². The van der Waals surface area contributed by atoms with Crippen molar-refractivity contribution < 1.29 is 0 Å². The van der Waals surface area contributed by atoms with Crippen LogP contribution in [-0.2, 0) is 0 Å². The Hall–Kier alpha value is -0.0800. The van der Waals surface area contributed by atoms with E-state index < -0.39 is 0 Å². The van der Waals surface area contributed by atoms with Gasteiger partial charge in [-0.25, -0.2) is 0 Å². The fourth-order valence-corrected chi connectivity index (χ4v) is 3.40. The van der Waals surface area contributed by atoms with Gasteiger partial charge >= 0.3 is 0 Å². The Morgan fingerprint density at radius 1 is 1.13 bits per heavy atom. The van der Waals surface area contributed by atoms with E-state index in [1.54, 1.807) is 0 Å². The van der Waals surface area contributed by atoms with Crippen LogP contribution >= 0.6 is 0 Å². The second-order valence-electron chi connectivity index (χ2n) is 6.71. The summed E-state index contributed by atoms with van der Waals surface area (Å²) in [6, 6.07) is 0.690. The SMILES string of the molecule is CC1(C)CC(NCCCN)CC(C)(C)C1. The predicted molar refractivity (Wildman–Crippen MR) is 66.9 cm³/mol. The number of rotatable bonds is 4. The average Bonchev–Trinajstić information content (AvgIpc) is 1.98. The number of nitrogens with two attached hydrogens (primary N) is 1. The first-order chi connectivity index (χ1) is 6.85. The summed E-state index contributed by atoms with van der Waals surface area (Å²) in [5.74, 6) is 0. The summed E-state index contributed by atoms with van der Waals surface area (Å²) in [6.45, 7) is 11.5. The minimum Gasteiger partial charge on any atom is -0.330 e. The molecular formula is C13H28N2. The lowest BCUT2D eigenvalue weighted by molar-refractivity contribution is 0.0852. The smallest absolute Gasteiger partial charge is 0.00772 e. The third-order valence-corrected chi connectivity index (χ3v) is 3.37. The van der Waals surface area contributed by atoms with Crippen LogP contribution in [0.2, 0.25) is 0 Å². The van der Waals surface area contributed by atoms with Crippen molar-refractivity contribution in [3.05, 3.63) is 0 Å². The summed E-state index contributed by atoms with van der Waals surface area (Å²) in [5, 5.41) is 3.65. The van der Waals surface area contributed by atoms with Crippen LogP contribution in [0.1, 0.15) is 53.4 Å². The molecule has 0 amide bonds. The first-order valence-electron chi connectivity index (χ1n) is 6.28. The Balaban J connectivity index is 2.44. The molecule has 0 radical (unpaired) electrons. The quantitative estimate of drug-likeness (QED) is 0.703. The predicted octanol–water partition coefficient (Wildman–Crippen LogP) is 2.53. The maximum Gasteiger partial charge on any atom is 0.00772 e. The highest BCUT2D eigenvalue weighted by Crippen LogP contribution is 2.45. The minimum atomic E-state index is 0.488. The maximum atomic E-state index is 5.51. The van der Waals surface area contributed by atoms with Crippen LogP contribution in [0, 0.1) is 10.8 Å². The van der Waals surface area contributed by atoms with Gasteiger partial charge in [0.15, 0.2) is 0 Å². The summed E-state index contributed by atoms with van der Waals surface area (Å²) in [4.78, 5) is 0. The van der Waals surface area contributed by atoms with Gasteiger partial charge < -0.3 is 11.1 Å². The van der Waals surface area contributed by atoms with Gasteiger partial charge in [-0.2, -0.15) is 0 Å². The molecule has 90 valence electrons. The molecule has 0 atom stereocenters. The van der Waals surface area contributed by atoms with E-state index in [0.717, 1.165) is 19.5 Å². The molecule has 0 aromatic carbocycles. The Kier molecular flexibility index (Phi) is 4.19. The molecule has 0 aromatic heterocycles. The fraction of sp³-hybridized carbons (Fsp3) is 1.00. The average molecular weight is 212 g/mol. The third-order valence-electron chi connectivity index (χ3n) is 3.37. The second kappa shape index (κ2) is 4.84. The Morgan fingerprint density at radius 3 is 2.13 bits per heavy atom. The number of hydrogen-bond donors (Lipinski definition) is 2. The van der Waals surface area contributed by atoms with Crippen molar-refractivity contribution in [1.29, 1.82) is 0 Å². The lowest BCUT2D eigenvalue weighted by Crippen LogP contribution is -2.44. The maximum absolute atomic E-state index is 5.51. The highest BCUT2D eigenvalue weighted by molar-refractivity contribution is 4.92. The molecule has 2 heteroatoms. The second-order valence-corrected chi connectivity index (χ2v) is 6.71. The first-order valence-corrected chi connectivity index (χ1v) is 6.28. The zero-order chi connectivity index (χ0) is 11.5. The van der Waals surface area contributed by atoms with Gasteiger partial charge in [-0.3, -0.25) is 0 Å². The number of nitrogens with one attached hydrogen (secondary N) is 1. The molecule has 0 saturated heterocycles. The topological polar surface area (TPSA) is 38.0 Å². The van der Waals surface area contributed by atoms with Gasteiger partial charge in [0.25, 0.3) is 0 Å². The van der Waals surface area contributed by atoms with Gasteiger partial charge in [0.05, 0.1) is 0 Å². The summed E-state index contributed by atoms with van der Waals surface area (Å²) in [5.41, 5.74) is 6.49. The van der Waals surface area contributed by atoms with E-state index >= 15 is 0 Å². The first kappa shape index (κ1) is 13.0. The van der Waals surface area contributed by atoms with Gasteiger partial charge in [0, 0.05) is 6.04 Å². The van der Waals surface area contributed by atoms with E-state index in [1.807, 2.05) is 0 Å². The van der Waals surface area contributed by atoms with E-state index in [1.165, 1.54) is 19.3 Å². The molecule has 0 spiro atoms. The molecule has 3 N–H and O–H groups in total. The molecule has 0 aromatic rings. The van der Waals surface area contributed by atoms with Gasteiger partial charge in [0.2, 0.25) is 0 Å². The van der Waals surface area contributed by atoms with Crippen molar-refractivity contribution in [2.24, 2.45) is 16.6 Å². The highest BCUT2D eigenvalue weighted by Gasteiger charge is 2.37. The minimum absolute atomic E-state index is 0.488. The Bertz CT molecular complexity index is 181. The van der Waals surface area contributed by atoms with E-state index in [0.29, 0.717) is 16.9 Å².